The van der Waals surface area contributed by atoms with Crippen LogP contribution < -0.4 is 10.9 Å². The van der Waals surface area contributed by atoms with Crippen LogP contribution in [0, 0.1) is 0 Å². The van der Waals surface area contributed by atoms with Gasteiger partial charge >= 0.3 is 0 Å². The minimum Gasteiger partial charge on any atom is -0.383 e. The van der Waals surface area contributed by atoms with Crippen molar-refractivity contribution in [3.05, 3.63) is 76.3 Å². The Morgan fingerprint density at radius 3 is 2.83 bits per heavy atom. The van der Waals surface area contributed by atoms with Crippen molar-refractivity contribution in [3.8, 4) is 0 Å². The molecule has 0 aliphatic heterocycles. The van der Waals surface area contributed by atoms with Crippen LogP contribution in [0.15, 0.2) is 59.4 Å². The zero-order valence-electron chi connectivity index (χ0n) is 16.1. The van der Waals surface area contributed by atoms with Crippen molar-refractivity contribution in [1.82, 2.24) is 19.9 Å². The van der Waals surface area contributed by atoms with Gasteiger partial charge in [0.05, 0.1) is 23.2 Å². The van der Waals surface area contributed by atoms with E-state index < -0.39 is 0 Å². The lowest BCUT2D eigenvalue weighted by molar-refractivity contribution is 0.0955. The molecule has 4 rings (SSSR count). The second kappa shape index (κ2) is 8.28. The van der Waals surface area contributed by atoms with Gasteiger partial charge < -0.3 is 19.6 Å². The fraction of sp³-hybridized carbons (Fsp3) is 0.227. The molecular formula is C22H22N4O3. The molecular weight excluding hydrogens is 368 g/mol. The summed E-state index contributed by atoms with van der Waals surface area (Å²) in [6.07, 6.45) is 0.575. The lowest BCUT2D eigenvalue weighted by atomic mass is 10.1. The van der Waals surface area contributed by atoms with Crippen LogP contribution in [-0.4, -0.2) is 40.7 Å². The number of imidazole rings is 1. The van der Waals surface area contributed by atoms with Gasteiger partial charge in [-0.05, 0) is 18.2 Å². The number of ether oxygens (including phenoxy) is 1. The number of methoxy groups -OCH3 is 1. The summed E-state index contributed by atoms with van der Waals surface area (Å²) < 4.78 is 7.34. The average Bonchev–Trinajstić information content (AvgIpc) is 3.08. The fourth-order valence-electron chi connectivity index (χ4n) is 3.52. The molecule has 7 heteroatoms. The summed E-state index contributed by atoms with van der Waals surface area (Å²) in [5, 5.41) is 3.64. The van der Waals surface area contributed by atoms with E-state index in [1.165, 1.54) is 6.07 Å². The van der Waals surface area contributed by atoms with E-state index in [-0.39, 0.29) is 11.5 Å². The van der Waals surface area contributed by atoms with E-state index in [9.17, 15) is 9.59 Å². The lowest BCUT2D eigenvalue weighted by Gasteiger charge is -2.10. The van der Waals surface area contributed by atoms with E-state index in [1.807, 2.05) is 42.5 Å². The third kappa shape index (κ3) is 3.90. The summed E-state index contributed by atoms with van der Waals surface area (Å²) >= 11 is 0. The molecule has 0 fully saturated rings. The molecule has 0 unspecified atom stereocenters. The Morgan fingerprint density at radius 1 is 1.17 bits per heavy atom. The summed E-state index contributed by atoms with van der Waals surface area (Å²) in [7, 11) is 1.67. The Morgan fingerprint density at radius 2 is 1.97 bits per heavy atom. The number of benzene rings is 2. The molecule has 29 heavy (non-hydrogen) atoms. The van der Waals surface area contributed by atoms with Crippen molar-refractivity contribution >= 4 is 27.8 Å². The minimum atomic E-state index is -0.296. The summed E-state index contributed by atoms with van der Waals surface area (Å²) in [4.78, 5) is 32.1. The maximum atomic E-state index is 12.7. The maximum Gasteiger partial charge on any atom is 0.252 e. The van der Waals surface area contributed by atoms with Gasteiger partial charge in [0.2, 0.25) is 5.56 Å². The summed E-state index contributed by atoms with van der Waals surface area (Å²) in [6.45, 7) is 1.69. The molecule has 2 aromatic heterocycles. The molecule has 0 aliphatic carbocycles. The molecule has 0 saturated heterocycles. The van der Waals surface area contributed by atoms with E-state index in [2.05, 4.69) is 14.9 Å². The number of H-pyrrole nitrogens is 1. The number of carbonyl (C=O) groups excluding carboxylic acids is 1. The summed E-state index contributed by atoms with van der Waals surface area (Å²) in [5.74, 6) is 0.617. The van der Waals surface area contributed by atoms with Crippen molar-refractivity contribution < 1.29 is 9.53 Å². The van der Waals surface area contributed by atoms with Crippen LogP contribution in [0.4, 0.5) is 0 Å². The van der Waals surface area contributed by atoms with Crippen molar-refractivity contribution in [3.63, 3.8) is 0 Å². The predicted octanol–water partition coefficient (Wildman–Crippen LogP) is 2.50. The lowest BCUT2D eigenvalue weighted by Crippen LogP contribution is -2.28. The normalized spacial score (nSPS) is 11.2. The number of hydrogen-bond donors (Lipinski definition) is 2. The Hall–Kier alpha value is -3.45. The maximum absolute atomic E-state index is 12.7. The molecule has 0 radical (unpaired) electrons. The highest BCUT2D eigenvalue weighted by Gasteiger charge is 2.13. The topological polar surface area (TPSA) is 89.0 Å². The molecule has 7 nitrogen and oxygen atoms in total. The zero-order valence-corrected chi connectivity index (χ0v) is 16.1. The average molecular weight is 390 g/mol. The molecule has 2 aromatic carbocycles. The smallest absolute Gasteiger partial charge is 0.252 e. The fourth-order valence-corrected chi connectivity index (χ4v) is 3.52. The molecule has 2 heterocycles. The van der Waals surface area contributed by atoms with Crippen LogP contribution >= 0.6 is 0 Å². The predicted molar refractivity (Wildman–Crippen MR) is 112 cm³/mol. The van der Waals surface area contributed by atoms with Crippen LogP contribution in [0.5, 0.6) is 0 Å². The number of pyridine rings is 1. The number of nitrogens with zero attached hydrogens (tertiary/aromatic N) is 2. The molecule has 0 saturated carbocycles. The third-order valence-corrected chi connectivity index (χ3v) is 4.88. The minimum absolute atomic E-state index is 0.271. The Kier molecular flexibility index (Phi) is 5.39. The second-order valence-electron chi connectivity index (χ2n) is 6.76. The molecule has 0 bridgehead atoms. The number of nitrogens with one attached hydrogen (secondary N) is 2. The Bertz CT molecular complexity index is 1230. The number of hydrogen-bond acceptors (Lipinski definition) is 4. The monoisotopic (exact) mass is 390 g/mol. The van der Waals surface area contributed by atoms with Gasteiger partial charge in [0.15, 0.2) is 0 Å². The van der Waals surface area contributed by atoms with Gasteiger partial charge in [-0.1, -0.05) is 30.3 Å². The van der Waals surface area contributed by atoms with Crippen molar-refractivity contribution in [2.75, 3.05) is 20.3 Å². The number of para-hydroxylation sites is 3. The van der Waals surface area contributed by atoms with Gasteiger partial charge in [-0.3, -0.25) is 9.59 Å². The number of amides is 1. The highest BCUT2D eigenvalue weighted by Crippen LogP contribution is 2.17. The van der Waals surface area contributed by atoms with Crippen LogP contribution in [0.2, 0.25) is 0 Å². The molecule has 148 valence electrons. The number of aromatic nitrogens is 3. The third-order valence-electron chi connectivity index (χ3n) is 4.88. The van der Waals surface area contributed by atoms with E-state index >= 15 is 0 Å². The van der Waals surface area contributed by atoms with Crippen LogP contribution in [0.1, 0.15) is 16.2 Å². The van der Waals surface area contributed by atoms with E-state index in [0.717, 1.165) is 22.2 Å². The van der Waals surface area contributed by atoms with E-state index in [4.69, 9.17) is 9.72 Å². The molecule has 4 aromatic rings. The largest absolute Gasteiger partial charge is 0.383 e. The number of carbonyl (C=O) groups is 1. The standard InChI is InChI=1S/C22H22N4O3/c1-29-13-12-26-19-9-5-4-8-18(19)24-20(26)10-11-23-22(28)16-14-21(27)25-17-7-3-2-6-15(16)17/h2-9,14H,10-13H2,1H3,(H,23,28)(H,25,27). The van der Waals surface area contributed by atoms with Gasteiger partial charge in [-0.25, -0.2) is 4.98 Å². The van der Waals surface area contributed by atoms with Gasteiger partial charge in [0.25, 0.3) is 5.91 Å². The van der Waals surface area contributed by atoms with Crippen LogP contribution in [0.3, 0.4) is 0 Å². The quantitative estimate of drug-likeness (QED) is 0.507. The van der Waals surface area contributed by atoms with Crippen LogP contribution in [-0.2, 0) is 17.7 Å². The molecule has 1 amide bonds. The SMILES string of the molecule is COCCn1c(CCNC(=O)c2cc(=O)[nH]c3ccccc23)nc2ccccc21. The second-order valence-corrected chi connectivity index (χ2v) is 6.76. The van der Waals surface area contributed by atoms with E-state index in [0.29, 0.717) is 37.2 Å². The Labute approximate surface area is 167 Å². The van der Waals surface area contributed by atoms with Gasteiger partial charge in [-0.15, -0.1) is 0 Å². The Balaban J connectivity index is 1.52. The first-order chi connectivity index (χ1) is 14.2. The summed E-state index contributed by atoms with van der Waals surface area (Å²) in [5.41, 5.74) is 2.69. The van der Waals surface area contributed by atoms with Gasteiger partial charge in [-0.2, -0.15) is 0 Å². The van der Waals surface area contributed by atoms with Gasteiger partial charge in [0, 0.05) is 43.6 Å². The number of rotatable bonds is 7. The zero-order chi connectivity index (χ0) is 20.2. The highest BCUT2D eigenvalue weighted by molar-refractivity contribution is 6.05. The highest BCUT2D eigenvalue weighted by atomic mass is 16.5. The van der Waals surface area contributed by atoms with Gasteiger partial charge in [0.1, 0.15) is 5.82 Å². The number of fused-ring (bicyclic) bond motifs is 2. The molecule has 0 aliphatic rings. The number of aromatic amines is 1. The first-order valence-electron chi connectivity index (χ1n) is 9.50. The van der Waals surface area contributed by atoms with Crippen molar-refractivity contribution in [2.24, 2.45) is 0 Å². The molecule has 2 N–H and O–H groups in total. The first-order valence-corrected chi connectivity index (χ1v) is 9.50. The van der Waals surface area contributed by atoms with Crippen molar-refractivity contribution in [1.29, 1.82) is 0 Å². The molecule has 0 atom stereocenters. The van der Waals surface area contributed by atoms with Crippen molar-refractivity contribution in [2.45, 2.75) is 13.0 Å². The molecule has 0 spiro atoms. The summed E-state index contributed by atoms with van der Waals surface area (Å²) in [6, 6.07) is 16.6. The first kappa shape index (κ1) is 18.9. The van der Waals surface area contributed by atoms with E-state index in [1.54, 1.807) is 13.2 Å². The van der Waals surface area contributed by atoms with Crippen LogP contribution in [0.25, 0.3) is 21.9 Å².